The Balaban J connectivity index is 1.28. The first-order valence-corrected chi connectivity index (χ1v) is 11.7. The summed E-state index contributed by atoms with van der Waals surface area (Å²) in [6.07, 6.45) is 2.53. The maximum Gasteiger partial charge on any atom is 0.261 e. The van der Waals surface area contributed by atoms with Crippen LogP contribution < -0.4 is 4.90 Å². The molecule has 5 rings (SSSR count). The number of ether oxygens (including phenoxy) is 1. The van der Waals surface area contributed by atoms with Crippen molar-refractivity contribution in [1.82, 2.24) is 9.88 Å². The highest BCUT2D eigenvalue weighted by atomic mass is 32.1. The van der Waals surface area contributed by atoms with E-state index in [0.29, 0.717) is 35.8 Å². The molecular weight excluding hydrogens is 426 g/mol. The van der Waals surface area contributed by atoms with Crippen LogP contribution in [0.15, 0.2) is 48.5 Å². The minimum atomic E-state index is -0.291. The summed E-state index contributed by atoms with van der Waals surface area (Å²) >= 11 is 1.49. The van der Waals surface area contributed by atoms with E-state index in [1.54, 1.807) is 29.2 Å². The summed E-state index contributed by atoms with van der Waals surface area (Å²) in [6.45, 7) is 1.39. The number of aromatic nitrogens is 1. The Kier molecular flexibility index (Phi) is 5.71. The quantitative estimate of drug-likeness (QED) is 0.512. The van der Waals surface area contributed by atoms with E-state index in [-0.39, 0.29) is 36.8 Å². The zero-order chi connectivity index (χ0) is 22.1. The first kappa shape index (κ1) is 20.8. The van der Waals surface area contributed by atoms with Crippen molar-refractivity contribution in [3.8, 4) is 0 Å². The predicted octanol–water partition coefficient (Wildman–Crippen LogP) is 3.88. The van der Waals surface area contributed by atoms with Gasteiger partial charge >= 0.3 is 0 Å². The molecule has 0 N–H and O–H groups in total. The third-order valence-electron chi connectivity index (χ3n) is 5.88. The number of carbonyl (C=O) groups is 3. The van der Waals surface area contributed by atoms with E-state index in [9.17, 15) is 14.4 Å². The molecule has 3 heterocycles. The number of hydrogen-bond donors (Lipinski definition) is 0. The van der Waals surface area contributed by atoms with Crippen molar-refractivity contribution in [3.63, 3.8) is 0 Å². The molecule has 2 aromatic carbocycles. The zero-order valence-corrected chi connectivity index (χ0v) is 18.3. The summed E-state index contributed by atoms with van der Waals surface area (Å²) in [5, 5.41) is 0.660. The Hall–Kier alpha value is -3.10. The summed E-state index contributed by atoms with van der Waals surface area (Å²) < 4.78 is 6.79. The third-order valence-corrected chi connectivity index (χ3v) is 6.93. The van der Waals surface area contributed by atoms with Crippen molar-refractivity contribution in [2.75, 3.05) is 24.6 Å². The minimum Gasteiger partial charge on any atom is -0.376 e. The van der Waals surface area contributed by atoms with E-state index in [1.807, 2.05) is 24.3 Å². The fourth-order valence-corrected chi connectivity index (χ4v) is 5.21. The van der Waals surface area contributed by atoms with Gasteiger partial charge in [0, 0.05) is 19.6 Å². The second kappa shape index (κ2) is 8.80. The zero-order valence-electron chi connectivity index (χ0n) is 17.5. The number of amides is 3. The lowest BCUT2D eigenvalue weighted by Gasteiger charge is -2.23. The highest BCUT2D eigenvalue weighted by molar-refractivity contribution is 7.22. The van der Waals surface area contributed by atoms with Gasteiger partial charge in [-0.1, -0.05) is 35.6 Å². The number of nitrogens with zero attached hydrogens (tertiary/aromatic N) is 3. The standard InChI is InChI=1S/C24H23N3O4S/c28-21(12-5-13-26-22(29)17-8-1-2-9-18(17)23(26)30)27(15-16-7-6-14-31-16)24-25-19-10-3-4-11-20(19)32-24/h1-4,8-11,16H,5-7,12-15H2. The summed E-state index contributed by atoms with van der Waals surface area (Å²) in [6, 6.07) is 14.6. The van der Waals surface area contributed by atoms with Crippen LogP contribution in [0, 0.1) is 0 Å². The molecule has 0 saturated carbocycles. The van der Waals surface area contributed by atoms with Crippen molar-refractivity contribution in [1.29, 1.82) is 0 Å². The molecule has 1 saturated heterocycles. The topological polar surface area (TPSA) is 79.8 Å². The molecule has 0 aliphatic carbocycles. The number of imide groups is 1. The van der Waals surface area contributed by atoms with Crippen molar-refractivity contribution < 1.29 is 19.1 Å². The third kappa shape index (κ3) is 3.91. The fourth-order valence-electron chi connectivity index (χ4n) is 4.22. The van der Waals surface area contributed by atoms with Gasteiger partial charge in [-0.05, 0) is 43.5 Å². The van der Waals surface area contributed by atoms with Crippen LogP contribution in [0.25, 0.3) is 10.2 Å². The number of anilines is 1. The van der Waals surface area contributed by atoms with Gasteiger partial charge in [-0.15, -0.1) is 0 Å². The maximum atomic E-state index is 13.2. The van der Waals surface area contributed by atoms with E-state index in [2.05, 4.69) is 4.98 Å². The Morgan fingerprint density at radius 3 is 2.50 bits per heavy atom. The maximum absolute atomic E-state index is 13.2. The van der Waals surface area contributed by atoms with Crippen LogP contribution in [0.2, 0.25) is 0 Å². The van der Waals surface area contributed by atoms with Gasteiger partial charge in [0.1, 0.15) is 0 Å². The predicted molar refractivity (Wildman–Crippen MR) is 122 cm³/mol. The fraction of sp³-hybridized carbons (Fsp3) is 0.333. The lowest BCUT2D eigenvalue weighted by atomic mass is 10.1. The minimum absolute atomic E-state index is 0.00204. The second-order valence-electron chi connectivity index (χ2n) is 8.01. The highest BCUT2D eigenvalue weighted by Crippen LogP contribution is 2.30. The molecule has 0 radical (unpaired) electrons. The first-order chi connectivity index (χ1) is 15.6. The average molecular weight is 450 g/mol. The number of para-hydroxylation sites is 1. The monoisotopic (exact) mass is 449 g/mol. The van der Waals surface area contributed by atoms with Gasteiger partial charge in [0.15, 0.2) is 5.13 Å². The molecule has 2 aliphatic rings. The number of carbonyl (C=O) groups excluding carboxylic acids is 3. The molecule has 3 aromatic rings. The Morgan fingerprint density at radius 2 is 1.81 bits per heavy atom. The first-order valence-electron chi connectivity index (χ1n) is 10.8. The lowest BCUT2D eigenvalue weighted by Crippen LogP contribution is -2.38. The molecule has 0 spiro atoms. The van der Waals surface area contributed by atoms with E-state index in [0.717, 1.165) is 23.1 Å². The molecule has 164 valence electrons. The highest BCUT2D eigenvalue weighted by Gasteiger charge is 2.35. The molecule has 1 unspecified atom stereocenters. The van der Waals surface area contributed by atoms with Crippen molar-refractivity contribution in [3.05, 3.63) is 59.7 Å². The van der Waals surface area contributed by atoms with Crippen molar-refractivity contribution >= 4 is 44.4 Å². The number of hydrogen-bond acceptors (Lipinski definition) is 6. The lowest BCUT2D eigenvalue weighted by molar-refractivity contribution is -0.119. The Morgan fingerprint density at radius 1 is 1.09 bits per heavy atom. The van der Waals surface area contributed by atoms with E-state index in [1.165, 1.54) is 16.2 Å². The van der Waals surface area contributed by atoms with Gasteiger partial charge in [-0.3, -0.25) is 24.2 Å². The van der Waals surface area contributed by atoms with Crippen LogP contribution in [0.1, 0.15) is 46.4 Å². The number of rotatable bonds is 7. The molecule has 32 heavy (non-hydrogen) atoms. The van der Waals surface area contributed by atoms with E-state index in [4.69, 9.17) is 4.74 Å². The molecule has 1 aromatic heterocycles. The summed E-state index contributed by atoms with van der Waals surface area (Å²) in [5.74, 6) is -0.656. The van der Waals surface area contributed by atoms with E-state index >= 15 is 0 Å². The SMILES string of the molecule is O=C1c2ccccc2C(=O)N1CCCC(=O)N(CC1CCCO1)c1nc2ccccc2s1. The van der Waals surface area contributed by atoms with Crippen molar-refractivity contribution in [2.24, 2.45) is 0 Å². The molecule has 1 fully saturated rings. The molecule has 1 atom stereocenters. The summed E-state index contributed by atoms with van der Waals surface area (Å²) in [7, 11) is 0. The average Bonchev–Trinajstić information content (AvgIpc) is 3.53. The van der Waals surface area contributed by atoms with Crippen LogP contribution >= 0.6 is 11.3 Å². The smallest absolute Gasteiger partial charge is 0.261 e. The van der Waals surface area contributed by atoms with Gasteiger partial charge in [0.25, 0.3) is 11.8 Å². The molecule has 7 nitrogen and oxygen atoms in total. The molecular formula is C24H23N3O4S. The normalized spacial score (nSPS) is 17.9. The van der Waals surface area contributed by atoms with Gasteiger partial charge in [0.05, 0.1) is 34.0 Å². The number of fused-ring (bicyclic) bond motifs is 2. The van der Waals surface area contributed by atoms with Gasteiger partial charge in [0.2, 0.25) is 5.91 Å². The van der Waals surface area contributed by atoms with Gasteiger partial charge in [-0.2, -0.15) is 0 Å². The van der Waals surface area contributed by atoms with Gasteiger partial charge < -0.3 is 4.74 Å². The van der Waals surface area contributed by atoms with Crippen molar-refractivity contribution in [2.45, 2.75) is 31.8 Å². The molecule has 3 amide bonds. The van der Waals surface area contributed by atoms with Gasteiger partial charge in [-0.25, -0.2) is 4.98 Å². The summed E-state index contributed by atoms with van der Waals surface area (Å²) in [5.41, 5.74) is 1.72. The van der Waals surface area contributed by atoms with Crippen LogP contribution in [0.4, 0.5) is 5.13 Å². The van der Waals surface area contributed by atoms with E-state index < -0.39 is 0 Å². The van der Waals surface area contributed by atoms with Crippen LogP contribution in [-0.4, -0.2) is 53.4 Å². The van der Waals surface area contributed by atoms with Crippen LogP contribution in [-0.2, 0) is 9.53 Å². The van der Waals surface area contributed by atoms with Crippen LogP contribution in [0.3, 0.4) is 0 Å². The number of thiazole rings is 1. The molecule has 8 heteroatoms. The largest absolute Gasteiger partial charge is 0.376 e. The second-order valence-corrected chi connectivity index (χ2v) is 9.02. The van der Waals surface area contributed by atoms with Crippen LogP contribution in [0.5, 0.6) is 0 Å². The number of benzene rings is 2. The Labute approximate surface area is 189 Å². The Bertz CT molecular complexity index is 1120. The summed E-state index contributed by atoms with van der Waals surface area (Å²) in [4.78, 5) is 45.9. The molecule has 2 aliphatic heterocycles. The molecule has 0 bridgehead atoms.